The predicted octanol–water partition coefficient (Wildman–Crippen LogP) is 0.533. The van der Waals surface area contributed by atoms with Crippen LogP contribution < -0.4 is 5.32 Å². The van der Waals surface area contributed by atoms with Crippen LogP contribution in [0.1, 0.15) is 13.3 Å². The first-order valence-corrected chi connectivity index (χ1v) is 3.61. The molecule has 1 aliphatic rings. The lowest BCUT2D eigenvalue weighted by Crippen LogP contribution is -2.27. The molecule has 0 amide bonds. The van der Waals surface area contributed by atoms with E-state index >= 15 is 0 Å². The number of rotatable bonds is 1. The quantitative estimate of drug-likeness (QED) is 0.552. The summed E-state index contributed by atoms with van der Waals surface area (Å²) in [6.07, 6.45) is 0.245. The minimum Gasteiger partial charge on any atom is -0.303 e. The van der Waals surface area contributed by atoms with E-state index in [9.17, 15) is 9.18 Å². The fourth-order valence-corrected chi connectivity index (χ4v) is 1.26. The molecule has 10 heavy (non-hydrogen) atoms. The molecule has 1 N–H and O–H groups in total. The van der Waals surface area contributed by atoms with Gasteiger partial charge in [0.25, 0.3) is 0 Å². The SMILES string of the molecule is CC1(F)CNC(C(=O)S)C1. The smallest absolute Gasteiger partial charge is 0.202 e. The third kappa shape index (κ3) is 1.70. The first-order chi connectivity index (χ1) is 4.51. The van der Waals surface area contributed by atoms with Gasteiger partial charge in [-0.25, -0.2) is 4.39 Å². The fourth-order valence-electron chi connectivity index (χ4n) is 1.08. The number of hydrogen-bond donors (Lipinski definition) is 2. The Balaban J connectivity index is 2.51. The average Bonchev–Trinajstić information content (AvgIpc) is 2.10. The number of carbonyl (C=O) groups is 1. The molecule has 0 aliphatic carbocycles. The number of thiol groups is 1. The molecule has 1 saturated heterocycles. The van der Waals surface area contributed by atoms with Crippen molar-refractivity contribution in [3.05, 3.63) is 0 Å². The van der Waals surface area contributed by atoms with Crippen LogP contribution in [0, 0.1) is 0 Å². The Morgan fingerprint density at radius 2 is 2.50 bits per heavy atom. The molecule has 4 heteroatoms. The van der Waals surface area contributed by atoms with Crippen molar-refractivity contribution in [3.63, 3.8) is 0 Å². The Morgan fingerprint density at radius 3 is 2.70 bits per heavy atom. The zero-order valence-electron chi connectivity index (χ0n) is 5.72. The number of halogens is 1. The predicted molar refractivity (Wildman–Crippen MR) is 39.9 cm³/mol. The van der Waals surface area contributed by atoms with Crippen molar-refractivity contribution in [2.75, 3.05) is 6.54 Å². The lowest BCUT2D eigenvalue weighted by molar-refractivity contribution is -0.112. The first kappa shape index (κ1) is 8.01. The molecule has 1 fully saturated rings. The van der Waals surface area contributed by atoms with Crippen molar-refractivity contribution in [2.45, 2.75) is 25.1 Å². The summed E-state index contributed by atoms with van der Waals surface area (Å²) < 4.78 is 13.0. The summed E-state index contributed by atoms with van der Waals surface area (Å²) in [5.74, 6) is 0. The molecular formula is C6H10FNOS. The van der Waals surface area contributed by atoms with Crippen molar-refractivity contribution < 1.29 is 9.18 Å². The molecule has 1 aliphatic heterocycles. The highest BCUT2D eigenvalue weighted by molar-refractivity contribution is 7.96. The highest BCUT2D eigenvalue weighted by atomic mass is 32.1. The van der Waals surface area contributed by atoms with Gasteiger partial charge in [0.1, 0.15) is 5.67 Å². The van der Waals surface area contributed by atoms with Crippen LogP contribution in [0.25, 0.3) is 0 Å². The molecule has 0 bridgehead atoms. The van der Waals surface area contributed by atoms with Gasteiger partial charge in [-0.2, -0.15) is 0 Å². The highest BCUT2D eigenvalue weighted by Crippen LogP contribution is 2.23. The first-order valence-electron chi connectivity index (χ1n) is 3.16. The normalized spacial score (nSPS) is 40.1. The summed E-state index contributed by atoms with van der Waals surface area (Å²) in [5.41, 5.74) is -1.23. The Hall–Kier alpha value is -0.0900. The third-order valence-corrected chi connectivity index (χ3v) is 1.96. The van der Waals surface area contributed by atoms with Crippen LogP contribution in [0.3, 0.4) is 0 Å². The average molecular weight is 163 g/mol. The van der Waals surface area contributed by atoms with Crippen LogP contribution in [-0.2, 0) is 4.79 Å². The zero-order chi connectivity index (χ0) is 7.78. The van der Waals surface area contributed by atoms with Crippen LogP contribution >= 0.6 is 12.6 Å². The van der Waals surface area contributed by atoms with Crippen LogP contribution in [0.5, 0.6) is 0 Å². The molecule has 0 spiro atoms. The summed E-state index contributed by atoms with van der Waals surface area (Å²) in [4.78, 5) is 10.6. The van der Waals surface area contributed by atoms with E-state index in [2.05, 4.69) is 17.9 Å². The maximum atomic E-state index is 13.0. The van der Waals surface area contributed by atoms with E-state index in [0.29, 0.717) is 0 Å². The summed E-state index contributed by atoms with van der Waals surface area (Å²) in [5, 5.41) is 2.47. The van der Waals surface area contributed by atoms with Crippen LogP contribution in [-0.4, -0.2) is 23.4 Å². The fraction of sp³-hybridized carbons (Fsp3) is 0.833. The van der Waals surface area contributed by atoms with Gasteiger partial charge in [0.05, 0.1) is 6.04 Å². The molecule has 0 aromatic rings. The Morgan fingerprint density at radius 1 is 1.90 bits per heavy atom. The molecule has 58 valence electrons. The number of alkyl halides is 1. The van der Waals surface area contributed by atoms with E-state index in [4.69, 9.17) is 0 Å². The van der Waals surface area contributed by atoms with Crippen molar-refractivity contribution in [3.8, 4) is 0 Å². The largest absolute Gasteiger partial charge is 0.303 e. The van der Waals surface area contributed by atoms with E-state index in [1.807, 2.05) is 0 Å². The maximum Gasteiger partial charge on any atom is 0.202 e. The van der Waals surface area contributed by atoms with Gasteiger partial charge in [0.15, 0.2) is 0 Å². The van der Waals surface area contributed by atoms with Crippen molar-refractivity contribution in [1.82, 2.24) is 5.32 Å². The van der Waals surface area contributed by atoms with E-state index < -0.39 is 11.7 Å². The second kappa shape index (κ2) is 2.51. The van der Waals surface area contributed by atoms with Gasteiger partial charge >= 0.3 is 0 Å². The van der Waals surface area contributed by atoms with E-state index in [-0.39, 0.29) is 18.1 Å². The second-order valence-electron chi connectivity index (χ2n) is 2.89. The van der Waals surface area contributed by atoms with E-state index in [1.54, 1.807) is 0 Å². The van der Waals surface area contributed by atoms with E-state index in [0.717, 1.165) is 0 Å². The van der Waals surface area contributed by atoms with Crippen molar-refractivity contribution in [1.29, 1.82) is 0 Å². The maximum absolute atomic E-state index is 13.0. The topological polar surface area (TPSA) is 29.1 Å². The lowest BCUT2D eigenvalue weighted by Gasteiger charge is -2.08. The van der Waals surface area contributed by atoms with Gasteiger partial charge in [0, 0.05) is 13.0 Å². The summed E-state index contributed by atoms with van der Waals surface area (Å²) in [6.45, 7) is 1.74. The molecule has 1 rings (SSSR count). The van der Waals surface area contributed by atoms with Gasteiger partial charge in [-0.05, 0) is 6.92 Å². The minimum atomic E-state index is -1.23. The summed E-state index contributed by atoms with van der Waals surface area (Å²) in [7, 11) is 0. The summed E-state index contributed by atoms with van der Waals surface area (Å²) >= 11 is 3.60. The number of nitrogens with one attached hydrogen (secondary N) is 1. The highest BCUT2D eigenvalue weighted by Gasteiger charge is 2.36. The molecule has 0 aromatic heterocycles. The van der Waals surface area contributed by atoms with Gasteiger partial charge < -0.3 is 5.32 Å². The molecule has 2 atom stereocenters. The molecule has 0 aromatic carbocycles. The molecule has 0 radical (unpaired) electrons. The monoisotopic (exact) mass is 163 g/mol. The lowest BCUT2D eigenvalue weighted by atomic mass is 10.1. The standard InChI is InChI=1S/C6H10FNOS/c1-6(7)2-4(5(9)10)8-3-6/h4,8H,2-3H2,1H3,(H,9,10). The minimum absolute atomic E-state index is 0.245. The second-order valence-corrected chi connectivity index (χ2v) is 3.33. The Kier molecular flexibility index (Phi) is 2.01. The number of carbonyl (C=O) groups excluding carboxylic acids is 1. The van der Waals surface area contributed by atoms with Crippen molar-refractivity contribution >= 4 is 17.7 Å². The molecule has 2 nitrogen and oxygen atoms in total. The molecule has 1 heterocycles. The zero-order valence-corrected chi connectivity index (χ0v) is 6.62. The third-order valence-electron chi connectivity index (χ3n) is 1.64. The van der Waals surface area contributed by atoms with Gasteiger partial charge in [-0.15, -0.1) is 12.6 Å². The van der Waals surface area contributed by atoms with Crippen molar-refractivity contribution in [2.24, 2.45) is 0 Å². The Bertz CT molecular complexity index is 160. The van der Waals surface area contributed by atoms with Gasteiger partial charge in [0.2, 0.25) is 5.12 Å². The van der Waals surface area contributed by atoms with Crippen LogP contribution in [0.4, 0.5) is 4.39 Å². The molecule has 0 saturated carbocycles. The van der Waals surface area contributed by atoms with Crippen LogP contribution in [0.15, 0.2) is 0 Å². The summed E-state index contributed by atoms with van der Waals surface area (Å²) in [6, 6.07) is -0.390. The van der Waals surface area contributed by atoms with Crippen LogP contribution in [0.2, 0.25) is 0 Å². The van der Waals surface area contributed by atoms with Gasteiger partial charge in [-0.1, -0.05) is 0 Å². The molecular weight excluding hydrogens is 153 g/mol. The number of hydrogen-bond acceptors (Lipinski definition) is 2. The van der Waals surface area contributed by atoms with E-state index in [1.165, 1.54) is 6.92 Å². The molecule has 2 unspecified atom stereocenters. The van der Waals surface area contributed by atoms with Gasteiger partial charge in [-0.3, -0.25) is 4.79 Å². The Labute approximate surface area is 64.6 Å².